The number of benzene rings is 1. The topological polar surface area (TPSA) is 0 Å². The molecule has 0 saturated heterocycles. The van der Waals surface area contributed by atoms with Crippen molar-refractivity contribution in [2.24, 2.45) is 0 Å². The molecule has 0 fully saturated rings. The van der Waals surface area contributed by atoms with Gasteiger partial charge >= 0.3 is 0 Å². The molecule has 80 valence electrons. The third-order valence-electron chi connectivity index (χ3n) is 2.98. The van der Waals surface area contributed by atoms with Gasteiger partial charge in [0.25, 0.3) is 0 Å². The second-order valence-electron chi connectivity index (χ2n) is 3.87. The molecule has 0 spiro atoms. The van der Waals surface area contributed by atoms with E-state index in [9.17, 15) is 0 Å². The van der Waals surface area contributed by atoms with E-state index < -0.39 is 0 Å². The standard InChI is InChI=1S/C15H20/c1-5-12-9-10-15(13(6-2)7-3)14(8-4)11-12/h2,9-11,13H,5,7-8H2,1,3-4H3. The lowest BCUT2D eigenvalue weighted by Crippen LogP contribution is -2.00. The Kier molecular flexibility index (Phi) is 4.43. The monoisotopic (exact) mass is 200 g/mol. The summed E-state index contributed by atoms with van der Waals surface area (Å²) in [4.78, 5) is 0. The molecule has 0 saturated carbocycles. The van der Waals surface area contributed by atoms with Crippen molar-refractivity contribution >= 4 is 0 Å². The van der Waals surface area contributed by atoms with Crippen LogP contribution in [0.5, 0.6) is 0 Å². The van der Waals surface area contributed by atoms with Crippen LogP contribution in [0.15, 0.2) is 18.2 Å². The lowest BCUT2D eigenvalue weighted by Gasteiger charge is -2.14. The fourth-order valence-corrected chi connectivity index (χ4v) is 1.95. The van der Waals surface area contributed by atoms with Crippen molar-refractivity contribution in [1.29, 1.82) is 0 Å². The van der Waals surface area contributed by atoms with E-state index in [4.69, 9.17) is 6.42 Å². The molecule has 0 bridgehead atoms. The fourth-order valence-electron chi connectivity index (χ4n) is 1.95. The maximum absolute atomic E-state index is 5.56. The molecule has 0 heterocycles. The van der Waals surface area contributed by atoms with E-state index in [0.29, 0.717) is 0 Å². The van der Waals surface area contributed by atoms with Gasteiger partial charge in [0.2, 0.25) is 0 Å². The zero-order valence-corrected chi connectivity index (χ0v) is 10.0. The predicted molar refractivity (Wildman–Crippen MR) is 67.1 cm³/mol. The molecule has 1 aromatic rings. The van der Waals surface area contributed by atoms with Crippen molar-refractivity contribution in [3.8, 4) is 12.3 Å². The second kappa shape index (κ2) is 5.61. The minimum absolute atomic E-state index is 0.283. The minimum atomic E-state index is 0.283. The molecule has 0 aliphatic heterocycles. The highest BCUT2D eigenvalue weighted by atomic mass is 14.1. The maximum Gasteiger partial charge on any atom is 0.0449 e. The van der Waals surface area contributed by atoms with Crippen LogP contribution in [-0.2, 0) is 12.8 Å². The summed E-state index contributed by atoms with van der Waals surface area (Å²) in [6.07, 6.45) is 8.75. The van der Waals surface area contributed by atoms with Crippen LogP contribution >= 0.6 is 0 Å². The van der Waals surface area contributed by atoms with Gasteiger partial charge in [-0.15, -0.1) is 6.42 Å². The Morgan fingerprint density at radius 3 is 2.40 bits per heavy atom. The Hall–Kier alpha value is -1.22. The second-order valence-corrected chi connectivity index (χ2v) is 3.87. The molecule has 0 heteroatoms. The van der Waals surface area contributed by atoms with Gasteiger partial charge in [-0.2, -0.15) is 0 Å². The van der Waals surface area contributed by atoms with Crippen molar-refractivity contribution in [3.63, 3.8) is 0 Å². The largest absolute Gasteiger partial charge is 0.119 e. The summed E-state index contributed by atoms with van der Waals surface area (Å²) in [7, 11) is 0. The molecule has 0 N–H and O–H groups in total. The molecule has 1 unspecified atom stereocenters. The average molecular weight is 200 g/mol. The predicted octanol–water partition coefficient (Wildman–Crippen LogP) is 3.94. The quantitative estimate of drug-likeness (QED) is 0.646. The number of aryl methyl sites for hydroxylation is 2. The van der Waals surface area contributed by atoms with E-state index in [0.717, 1.165) is 19.3 Å². The molecule has 1 atom stereocenters. The normalized spacial score (nSPS) is 12.1. The highest BCUT2D eigenvalue weighted by Crippen LogP contribution is 2.24. The van der Waals surface area contributed by atoms with Gasteiger partial charge in [-0.25, -0.2) is 0 Å². The zero-order valence-electron chi connectivity index (χ0n) is 10.0. The number of rotatable bonds is 4. The van der Waals surface area contributed by atoms with E-state index in [1.807, 2.05) is 0 Å². The molecule has 0 aliphatic rings. The maximum atomic E-state index is 5.56. The van der Waals surface area contributed by atoms with E-state index in [1.54, 1.807) is 0 Å². The Labute approximate surface area is 93.7 Å². The van der Waals surface area contributed by atoms with Crippen molar-refractivity contribution in [3.05, 3.63) is 34.9 Å². The van der Waals surface area contributed by atoms with Gasteiger partial charge in [-0.05, 0) is 36.0 Å². The van der Waals surface area contributed by atoms with Gasteiger partial charge < -0.3 is 0 Å². The summed E-state index contributed by atoms with van der Waals surface area (Å²) >= 11 is 0. The molecule has 0 amide bonds. The van der Waals surface area contributed by atoms with Crippen LogP contribution in [0.2, 0.25) is 0 Å². The Balaban J connectivity index is 3.13. The van der Waals surface area contributed by atoms with Crippen LogP contribution in [0.4, 0.5) is 0 Å². The molecule has 0 nitrogen and oxygen atoms in total. The van der Waals surface area contributed by atoms with Crippen molar-refractivity contribution in [2.75, 3.05) is 0 Å². The van der Waals surface area contributed by atoms with Gasteiger partial charge in [0, 0.05) is 5.92 Å². The van der Waals surface area contributed by atoms with Crippen LogP contribution in [0.3, 0.4) is 0 Å². The Bertz CT molecular complexity index is 355. The van der Waals surface area contributed by atoms with E-state index >= 15 is 0 Å². The summed E-state index contributed by atoms with van der Waals surface area (Å²) in [5.41, 5.74) is 4.17. The molecule has 15 heavy (non-hydrogen) atoms. The number of terminal acetylenes is 1. The third-order valence-corrected chi connectivity index (χ3v) is 2.98. The summed E-state index contributed by atoms with van der Waals surface area (Å²) in [6, 6.07) is 6.72. The van der Waals surface area contributed by atoms with Crippen molar-refractivity contribution in [1.82, 2.24) is 0 Å². The van der Waals surface area contributed by atoms with Gasteiger partial charge in [0.05, 0.1) is 0 Å². The van der Waals surface area contributed by atoms with Crippen LogP contribution in [0.25, 0.3) is 0 Å². The zero-order chi connectivity index (χ0) is 11.3. The van der Waals surface area contributed by atoms with Gasteiger partial charge in [0.15, 0.2) is 0 Å². The Morgan fingerprint density at radius 1 is 1.20 bits per heavy atom. The lowest BCUT2D eigenvalue weighted by atomic mass is 9.90. The van der Waals surface area contributed by atoms with Gasteiger partial charge in [-0.1, -0.05) is 44.9 Å². The first kappa shape index (κ1) is 11.9. The van der Waals surface area contributed by atoms with Crippen LogP contribution in [-0.4, -0.2) is 0 Å². The fraction of sp³-hybridized carbons (Fsp3) is 0.467. The van der Waals surface area contributed by atoms with Crippen LogP contribution < -0.4 is 0 Å². The molecule has 1 aromatic carbocycles. The van der Waals surface area contributed by atoms with Gasteiger partial charge in [0.1, 0.15) is 0 Å². The summed E-state index contributed by atoms with van der Waals surface area (Å²) < 4.78 is 0. The third kappa shape index (κ3) is 2.63. The smallest absolute Gasteiger partial charge is 0.0449 e. The minimum Gasteiger partial charge on any atom is -0.119 e. The van der Waals surface area contributed by atoms with Crippen molar-refractivity contribution in [2.45, 2.75) is 46.0 Å². The lowest BCUT2D eigenvalue weighted by molar-refractivity contribution is 0.814. The van der Waals surface area contributed by atoms with Crippen molar-refractivity contribution < 1.29 is 0 Å². The van der Waals surface area contributed by atoms with E-state index in [-0.39, 0.29) is 5.92 Å². The first-order valence-corrected chi connectivity index (χ1v) is 5.84. The van der Waals surface area contributed by atoms with Crippen LogP contribution in [0, 0.1) is 12.3 Å². The van der Waals surface area contributed by atoms with Crippen LogP contribution in [0.1, 0.15) is 49.8 Å². The number of hydrogen-bond acceptors (Lipinski definition) is 0. The molecular formula is C15H20. The molecule has 0 radical (unpaired) electrons. The number of hydrogen-bond donors (Lipinski definition) is 0. The summed E-state index contributed by atoms with van der Waals surface area (Å²) in [5, 5.41) is 0. The molecule has 0 aromatic heterocycles. The molecule has 1 rings (SSSR count). The highest BCUT2D eigenvalue weighted by Gasteiger charge is 2.10. The van der Waals surface area contributed by atoms with E-state index in [1.165, 1.54) is 16.7 Å². The first-order chi connectivity index (χ1) is 7.26. The molecule has 0 aliphatic carbocycles. The molecular weight excluding hydrogens is 180 g/mol. The SMILES string of the molecule is C#CC(CC)c1ccc(CC)cc1CC. The average Bonchev–Trinajstić information content (AvgIpc) is 2.31. The Morgan fingerprint density at radius 2 is 1.93 bits per heavy atom. The first-order valence-electron chi connectivity index (χ1n) is 5.84. The summed E-state index contributed by atoms with van der Waals surface area (Å²) in [6.45, 7) is 6.53. The van der Waals surface area contributed by atoms with Gasteiger partial charge in [-0.3, -0.25) is 0 Å². The van der Waals surface area contributed by atoms with E-state index in [2.05, 4.69) is 44.9 Å². The highest BCUT2D eigenvalue weighted by molar-refractivity contribution is 5.38. The summed E-state index contributed by atoms with van der Waals surface area (Å²) in [5.74, 6) is 3.16.